The summed E-state index contributed by atoms with van der Waals surface area (Å²) in [6, 6.07) is 12.4. The van der Waals surface area contributed by atoms with Crippen molar-refractivity contribution in [2.75, 3.05) is 52.3 Å². The summed E-state index contributed by atoms with van der Waals surface area (Å²) in [4.78, 5) is 17.9. The Labute approximate surface area is 185 Å². The van der Waals surface area contributed by atoms with Crippen LogP contribution in [0.15, 0.2) is 36.4 Å². The molecule has 31 heavy (non-hydrogen) atoms. The van der Waals surface area contributed by atoms with Gasteiger partial charge in [0.05, 0.1) is 25.8 Å². The molecule has 2 aliphatic rings. The van der Waals surface area contributed by atoms with Crippen LogP contribution in [-0.4, -0.2) is 58.3 Å². The van der Waals surface area contributed by atoms with Crippen molar-refractivity contribution in [1.82, 2.24) is 10.2 Å². The van der Waals surface area contributed by atoms with Crippen molar-refractivity contribution in [2.45, 2.75) is 31.7 Å². The molecule has 0 radical (unpaired) electrons. The summed E-state index contributed by atoms with van der Waals surface area (Å²) in [5.41, 5.74) is 4.53. The summed E-state index contributed by atoms with van der Waals surface area (Å²) in [6.45, 7) is 3.81. The highest BCUT2D eigenvalue weighted by atomic mass is 16.5. The number of likely N-dealkylation sites (tertiary alicyclic amines) is 1. The van der Waals surface area contributed by atoms with Crippen molar-refractivity contribution in [3.63, 3.8) is 0 Å². The average Bonchev–Trinajstić information content (AvgIpc) is 3.33. The van der Waals surface area contributed by atoms with Gasteiger partial charge in [-0.1, -0.05) is 18.2 Å². The summed E-state index contributed by atoms with van der Waals surface area (Å²) < 4.78 is 10.8. The van der Waals surface area contributed by atoms with E-state index in [4.69, 9.17) is 9.47 Å². The zero-order chi connectivity index (χ0) is 21.8. The smallest absolute Gasteiger partial charge is 0.255 e. The molecule has 2 heterocycles. The minimum absolute atomic E-state index is 0.141. The number of methoxy groups -OCH3 is 2. The molecule has 6 nitrogen and oxygen atoms in total. The summed E-state index contributed by atoms with van der Waals surface area (Å²) in [5.74, 6) is 0.889. The maximum Gasteiger partial charge on any atom is 0.255 e. The Balaban J connectivity index is 1.55. The van der Waals surface area contributed by atoms with Gasteiger partial charge in [0.15, 0.2) is 11.5 Å². The molecule has 1 unspecified atom stereocenters. The molecule has 4 rings (SSSR count). The summed E-state index contributed by atoms with van der Waals surface area (Å²) >= 11 is 0. The number of aryl methyl sites for hydroxylation is 1. The number of fused-ring (bicyclic) bond motifs is 1. The number of para-hydroxylation sites is 1. The standard InChI is InChI=1S/C25H33N3O3/c1-27-13-7-8-18-16-19(11-12-21(18)27)22(28-14-4-5-15-28)17-26-25(29)20-9-6-10-23(30-2)24(20)31-3/h6,9-12,16,22H,4-5,7-8,13-15,17H2,1-3H3,(H,26,29). The van der Waals surface area contributed by atoms with Crippen molar-refractivity contribution >= 4 is 11.6 Å². The van der Waals surface area contributed by atoms with Gasteiger partial charge in [-0.05, 0) is 68.1 Å². The topological polar surface area (TPSA) is 54.0 Å². The third-order valence-corrected chi connectivity index (χ3v) is 6.52. The highest BCUT2D eigenvalue weighted by Crippen LogP contribution is 2.33. The molecule has 1 N–H and O–H groups in total. The third-order valence-electron chi connectivity index (χ3n) is 6.52. The average molecular weight is 424 g/mol. The lowest BCUT2D eigenvalue weighted by Crippen LogP contribution is -2.37. The van der Waals surface area contributed by atoms with Crippen LogP contribution in [0.3, 0.4) is 0 Å². The Morgan fingerprint density at radius 1 is 1.06 bits per heavy atom. The fraction of sp³-hybridized carbons (Fsp3) is 0.480. The maximum absolute atomic E-state index is 13.0. The third kappa shape index (κ3) is 4.49. The molecule has 166 valence electrons. The van der Waals surface area contributed by atoms with Crippen LogP contribution in [0.25, 0.3) is 0 Å². The lowest BCUT2D eigenvalue weighted by Gasteiger charge is -2.32. The first-order valence-corrected chi connectivity index (χ1v) is 11.2. The Kier molecular flexibility index (Phi) is 6.66. The van der Waals surface area contributed by atoms with Crippen LogP contribution in [0.4, 0.5) is 5.69 Å². The van der Waals surface area contributed by atoms with Crippen LogP contribution in [0.5, 0.6) is 11.5 Å². The fourth-order valence-corrected chi connectivity index (χ4v) is 4.87. The molecule has 2 aromatic carbocycles. The SMILES string of the molecule is COc1cccc(C(=O)NCC(c2ccc3c(c2)CCCN3C)N2CCCC2)c1OC. The number of nitrogens with zero attached hydrogens (tertiary/aromatic N) is 2. The van der Waals surface area contributed by atoms with Crippen LogP contribution in [-0.2, 0) is 6.42 Å². The van der Waals surface area contributed by atoms with Gasteiger partial charge in [-0.25, -0.2) is 0 Å². The predicted octanol–water partition coefficient (Wildman–Crippen LogP) is 3.65. The van der Waals surface area contributed by atoms with E-state index in [1.807, 2.05) is 6.07 Å². The van der Waals surface area contributed by atoms with E-state index in [0.29, 0.717) is 23.6 Å². The van der Waals surface area contributed by atoms with Gasteiger partial charge in [0, 0.05) is 25.8 Å². The van der Waals surface area contributed by atoms with Crippen LogP contribution < -0.4 is 19.7 Å². The molecule has 2 aromatic rings. The zero-order valence-electron chi connectivity index (χ0n) is 18.8. The molecule has 0 spiro atoms. The molecule has 0 saturated carbocycles. The van der Waals surface area contributed by atoms with Gasteiger partial charge in [0.1, 0.15) is 0 Å². The number of nitrogens with one attached hydrogen (secondary N) is 1. The number of anilines is 1. The van der Waals surface area contributed by atoms with Gasteiger partial charge in [0.2, 0.25) is 0 Å². The summed E-state index contributed by atoms with van der Waals surface area (Å²) in [7, 11) is 5.31. The number of benzene rings is 2. The lowest BCUT2D eigenvalue weighted by molar-refractivity contribution is 0.0934. The number of hydrogen-bond acceptors (Lipinski definition) is 5. The minimum Gasteiger partial charge on any atom is -0.493 e. The second-order valence-corrected chi connectivity index (χ2v) is 8.42. The molecule has 0 bridgehead atoms. The Bertz CT molecular complexity index is 924. The summed E-state index contributed by atoms with van der Waals surface area (Å²) in [5, 5.41) is 3.16. The van der Waals surface area contributed by atoms with E-state index in [0.717, 1.165) is 26.1 Å². The molecule has 0 aliphatic carbocycles. The van der Waals surface area contributed by atoms with Gasteiger partial charge in [-0.3, -0.25) is 9.69 Å². The molecule has 0 aromatic heterocycles. The molecular formula is C25H33N3O3. The molecular weight excluding hydrogens is 390 g/mol. The van der Waals surface area contributed by atoms with E-state index in [1.165, 1.54) is 36.1 Å². The number of ether oxygens (including phenoxy) is 2. The highest BCUT2D eigenvalue weighted by molar-refractivity contribution is 5.97. The maximum atomic E-state index is 13.0. The fourth-order valence-electron chi connectivity index (χ4n) is 4.87. The van der Waals surface area contributed by atoms with Crippen LogP contribution in [0, 0.1) is 0 Å². The first-order valence-electron chi connectivity index (χ1n) is 11.2. The Morgan fingerprint density at radius 3 is 2.61 bits per heavy atom. The van der Waals surface area contributed by atoms with Crippen molar-refractivity contribution in [3.8, 4) is 11.5 Å². The Hall–Kier alpha value is -2.73. The number of rotatable bonds is 7. The van der Waals surface area contributed by atoms with E-state index in [-0.39, 0.29) is 11.9 Å². The largest absolute Gasteiger partial charge is 0.493 e. The second kappa shape index (κ2) is 9.60. The second-order valence-electron chi connectivity index (χ2n) is 8.42. The molecule has 1 atom stereocenters. The van der Waals surface area contributed by atoms with Gasteiger partial charge < -0.3 is 19.7 Å². The number of carbonyl (C=O) groups is 1. The molecule has 2 aliphatic heterocycles. The number of hydrogen-bond donors (Lipinski definition) is 1. The van der Waals surface area contributed by atoms with Gasteiger partial charge >= 0.3 is 0 Å². The van der Waals surface area contributed by atoms with Crippen molar-refractivity contribution in [3.05, 3.63) is 53.1 Å². The van der Waals surface area contributed by atoms with Gasteiger partial charge in [0.25, 0.3) is 5.91 Å². The normalized spacial score (nSPS) is 17.2. The van der Waals surface area contributed by atoms with E-state index in [2.05, 4.69) is 40.4 Å². The molecule has 1 fully saturated rings. The number of carbonyl (C=O) groups excluding carboxylic acids is 1. The molecule has 1 amide bonds. The first kappa shape index (κ1) is 21.5. The van der Waals surface area contributed by atoms with Crippen LogP contribution in [0.2, 0.25) is 0 Å². The lowest BCUT2D eigenvalue weighted by atomic mass is 9.96. The minimum atomic E-state index is -0.141. The molecule has 6 heteroatoms. The van der Waals surface area contributed by atoms with Crippen molar-refractivity contribution < 1.29 is 14.3 Å². The van der Waals surface area contributed by atoms with Crippen LogP contribution in [0.1, 0.15) is 46.8 Å². The summed E-state index contributed by atoms with van der Waals surface area (Å²) in [6.07, 6.45) is 4.73. The van der Waals surface area contributed by atoms with Gasteiger partial charge in [-0.15, -0.1) is 0 Å². The zero-order valence-corrected chi connectivity index (χ0v) is 18.8. The number of amides is 1. The van der Waals surface area contributed by atoms with Crippen LogP contribution >= 0.6 is 0 Å². The quantitative estimate of drug-likeness (QED) is 0.737. The van der Waals surface area contributed by atoms with E-state index < -0.39 is 0 Å². The van der Waals surface area contributed by atoms with Crippen molar-refractivity contribution in [2.24, 2.45) is 0 Å². The first-order chi connectivity index (χ1) is 15.1. The monoisotopic (exact) mass is 423 g/mol. The Morgan fingerprint density at radius 2 is 1.87 bits per heavy atom. The highest BCUT2D eigenvalue weighted by Gasteiger charge is 2.26. The van der Waals surface area contributed by atoms with Gasteiger partial charge in [-0.2, -0.15) is 0 Å². The van der Waals surface area contributed by atoms with E-state index in [9.17, 15) is 4.79 Å². The van der Waals surface area contributed by atoms with E-state index >= 15 is 0 Å². The van der Waals surface area contributed by atoms with E-state index in [1.54, 1.807) is 26.4 Å². The molecule has 1 saturated heterocycles. The predicted molar refractivity (Wildman–Crippen MR) is 123 cm³/mol. The van der Waals surface area contributed by atoms with Crippen molar-refractivity contribution in [1.29, 1.82) is 0 Å².